The predicted octanol–water partition coefficient (Wildman–Crippen LogP) is 4.64. The Balaban J connectivity index is 1.67. The minimum absolute atomic E-state index is 0.00153. The predicted molar refractivity (Wildman–Crippen MR) is 118 cm³/mol. The second-order valence-corrected chi connectivity index (χ2v) is 7.59. The first-order valence-corrected chi connectivity index (χ1v) is 10.3. The highest BCUT2D eigenvalue weighted by atomic mass is 16.5. The molecule has 0 amide bonds. The maximum absolute atomic E-state index is 12.3. The van der Waals surface area contributed by atoms with E-state index in [-0.39, 0.29) is 17.4 Å². The third-order valence-electron chi connectivity index (χ3n) is 5.86. The summed E-state index contributed by atoms with van der Waals surface area (Å²) in [5.41, 5.74) is 3.43. The number of benzene rings is 3. The van der Waals surface area contributed by atoms with Crippen LogP contribution in [0.3, 0.4) is 0 Å². The first kappa shape index (κ1) is 19.9. The normalized spacial score (nSPS) is 18.8. The van der Waals surface area contributed by atoms with Gasteiger partial charge in [0.2, 0.25) is 6.23 Å². The third-order valence-corrected chi connectivity index (χ3v) is 5.86. The first-order valence-electron chi connectivity index (χ1n) is 10.3. The van der Waals surface area contributed by atoms with E-state index >= 15 is 0 Å². The van der Waals surface area contributed by atoms with E-state index in [1.165, 1.54) is 14.2 Å². The fourth-order valence-electron chi connectivity index (χ4n) is 4.41. The number of carbonyl (C=O) groups is 1. The van der Waals surface area contributed by atoms with Crippen molar-refractivity contribution >= 4 is 11.7 Å². The molecule has 0 bridgehead atoms. The molecule has 0 aliphatic carbocycles. The molecule has 3 aromatic rings. The first-order chi connectivity index (χ1) is 15.6. The molecule has 32 heavy (non-hydrogen) atoms. The second-order valence-electron chi connectivity index (χ2n) is 7.59. The van der Waals surface area contributed by atoms with E-state index in [4.69, 9.17) is 19.3 Å². The summed E-state index contributed by atoms with van der Waals surface area (Å²) >= 11 is 0. The van der Waals surface area contributed by atoms with Crippen LogP contribution in [0.4, 0.5) is 0 Å². The van der Waals surface area contributed by atoms with Crippen molar-refractivity contribution in [3.05, 3.63) is 89.0 Å². The number of ether oxygens (including phenoxy) is 3. The number of hydrogen-bond donors (Lipinski definition) is 1. The molecule has 5 rings (SSSR count). The molecular formula is C25H22N2O5. The van der Waals surface area contributed by atoms with Crippen molar-refractivity contribution in [2.24, 2.45) is 5.10 Å². The van der Waals surface area contributed by atoms with Gasteiger partial charge in [0.15, 0.2) is 11.5 Å². The molecule has 0 saturated carbocycles. The zero-order chi connectivity index (χ0) is 22.2. The number of rotatable bonds is 5. The molecule has 162 valence electrons. The van der Waals surface area contributed by atoms with Crippen molar-refractivity contribution < 1.29 is 24.1 Å². The summed E-state index contributed by atoms with van der Waals surface area (Å²) in [5, 5.41) is 16.8. The van der Waals surface area contributed by atoms with Gasteiger partial charge in [0.05, 0.1) is 26.0 Å². The van der Waals surface area contributed by atoms with Gasteiger partial charge in [-0.05, 0) is 23.8 Å². The number of carboxylic acid groups (broad SMARTS) is 1. The maximum atomic E-state index is 12.3. The van der Waals surface area contributed by atoms with Crippen molar-refractivity contribution in [1.29, 1.82) is 0 Å². The van der Waals surface area contributed by atoms with Gasteiger partial charge in [-0.25, -0.2) is 9.80 Å². The van der Waals surface area contributed by atoms with Crippen molar-refractivity contribution in [2.45, 2.75) is 18.7 Å². The molecule has 7 heteroatoms. The Labute approximate surface area is 185 Å². The monoisotopic (exact) mass is 430 g/mol. The Morgan fingerprint density at radius 1 is 1.00 bits per heavy atom. The topological polar surface area (TPSA) is 80.6 Å². The van der Waals surface area contributed by atoms with Crippen molar-refractivity contribution in [3.8, 4) is 17.2 Å². The van der Waals surface area contributed by atoms with Crippen LogP contribution in [0.5, 0.6) is 17.2 Å². The van der Waals surface area contributed by atoms with Crippen LogP contribution in [0.1, 0.15) is 45.7 Å². The van der Waals surface area contributed by atoms with E-state index in [9.17, 15) is 9.90 Å². The van der Waals surface area contributed by atoms with Gasteiger partial charge in [0.1, 0.15) is 11.3 Å². The van der Waals surface area contributed by atoms with Crippen LogP contribution in [-0.2, 0) is 0 Å². The molecule has 7 nitrogen and oxygen atoms in total. The standard InChI is InChI=1S/C25H22N2O5/c1-30-21-13-12-17(22(25(28)29)23(21)31-2)24-27-19(16-10-6-7-11-20(16)32-24)14-18(26-27)15-8-4-3-5-9-15/h3-13,19,24H,14H2,1-2H3,(H,28,29)/t19-,24+/m1/s1. The van der Waals surface area contributed by atoms with Crippen LogP contribution in [-0.4, -0.2) is 36.0 Å². The number of fused-ring (bicyclic) bond motifs is 3. The molecule has 0 unspecified atom stereocenters. The lowest BCUT2D eigenvalue weighted by atomic mass is 9.95. The van der Waals surface area contributed by atoms with E-state index in [2.05, 4.69) is 0 Å². The number of hydrogen-bond acceptors (Lipinski definition) is 6. The van der Waals surface area contributed by atoms with Crippen LogP contribution < -0.4 is 14.2 Å². The summed E-state index contributed by atoms with van der Waals surface area (Å²) < 4.78 is 17.1. The van der Waals surface area contributed by atoms with Crippen LogP contribution in [0.25, 0.3) is 0 Å². The van der Waals surface area contributed by atoms with Gasteiger partial charge in [-0.15, -0.1) is 0 Å². The molecule has 0 saturated heterocycles. The third kappa shape index (κ3) is 3.13. The minimum atomic E-state index is -1.12. The lowest BCUT2D eigenvalue weighted by Crippen LogP contribution is -2.34. The number of para-hydroxylation sites is 1. The van der Waals surface area contributed by atoms with Gasteiger partial charge in [-0.2, -0.15) is 5.10 Å². The van der Waals surface area contributed by atoms with Gasteiger partial charge in [0, 0.05) is 17.5 Å². The fraction of sp³-hybridized carbons (Fsp3) is 0.200. The Hall–Kier alpha value is -4.00. The Morgan fingerprint density at radius 3 is 2.47 bits per heavy atom. The molecule has 3 aromatic carbocycles. The molecule has 0 fully saturated rings. The highest BCUT2D eigenvalue weighted by Crippen LogP contribution is 2.49. The molecule has 1 N–H and O–H groups in total. The Kier molecular flexibility index (Phi) is 4.93. The van der Waals surface area contributed by atoms with E-state index in [1.807, 2.05) is 59.6 Å². The lowest BCUT2D eigenvalue weighted by molar-refractivity contribution is -0.0199. The highest BCUT2D eigenvalue weighted by molar-refractivity contribution is 6.02. The zero-order valence-corrected chi connectivity index (χ0v) is 17.7. The van der Waals surface area contributed by atoms with Gasteiger partial charge in [-0.1, -0.05) is 48.5 Å². The number of aromatic carboxylic acids is 1. The summed E-state index contributed by atoms with van der Waals surface area (Å²) in [6.45, 7) is 0. The van der Waals surface area contributed by atoms with Gasteiger partial charge < -0.3 is 19.3 Å². The number of carboxylic acids is 1. The molecule has 2 aliphatic heterocycles. The molecule has 0 aromatic heterocycles. The smallest absolute Gasteiger partial charge is 0.340 e. The molecule has 2 aliphatic rings. The molecule has 2 heterocycles. The average molecular weight is 430 g/mol. The summed E-state index contributed by atoms with van der Waals surface area (Å²) in [5.74, 6) is 0.0925. The highest BCUT2D eigenvalue weighted by Gasteiger charge is 2.43. The Morgan fingerprint density at radius 2 is 1.75 bits per heavy atom. The van der Waals surface area contributed by atoms with E-state index in [1.54, 1.807) is 12.1 Å². The molecule has 0 spiro atoms. The van der Waals surface area contributed by atoms with E-state index < -0.39 is 12.2 Å². The second kappa shape index (κ2) is 7.92. The quantitative estimate of drug-likeness (QED) is 0.635. The van der Waals surface area contributed by atoms with E-state index in [0.717, 1.165) is 22.6 Å². The molecule has 0 radical (unpaired) electrons. The van der Waals surface area contributed by atoms with Crippen LogP contribution >= 0.6 is 0 Å². The van der Waals surface area contributed by atoms with E-state index in [0.29, 0.717) is 17.7 Å². The summed E-state index contributed by atoms with van der Waals surface area (Å²) in [4.78, 5) is 12.3. The maximum Gasteiger partial charge on any atom is 0.340 e. The lowest BCUT2D eigenvalue weighted by Gasteiger charge is -2.38. The largest absolute Gasteiger partial charge is 0.493 e. The zero-order valence-electron chi connectivity index (χ0n) is 17.7. The van der Waals surface area contributed by atoms with Crippen molar-refractivity contribution in [3.63, 3.8) is 0 Å². The summed E-state index contributed by atoms with van der Waals surface area (Å²) in [6.07, 6.45) is -0.0432. The molecule has 2 atom stereocenters. The summed E-state index contributed by atoms with van der Waals surface area (Å²) in [6, 6.07) is 21.1. The Bertz CT molecular complexity index is 1210. The number of methoxy groups -OCH3 is 2. The summed E-state index contributed by atoms with van der Waals surface area (Å²) in [7, 11) is 2.90. The average Bonchev–Trinajstić information content (AvgIpc) is 3.29. The minimum Gasteiger partial charge on any atom is -0.493 e. The molecular weight excluding hydrogens is 408 g/mol. The van der Waals surface area contributed by atoms with Gasteiger partial charge >= 0.3 is 5.97 Å². The van der Waals surface area contributed by atoms with Crippen LogP contribution in [0.15, 0.2) is 71.8 Å². The number of nitrogens with zero attached hydrogens (tertiary/aromatic N) is 2. The fourth-order valence-corrected chi connectivity index (χ4v) is 4.41. The van der Waals surface area contributed by atoms with Crippen molar-refractivity contribution in [2.75, 3.05) is 14.2 Å². The van der Waals surface area contributed by atoms with Crippen LogP contribution in [0.2, 0.25) is 0 Å². The number of hydrazone groups is 1. The van der Waals surface area contributed by atoms with Gasteiger partial charge in [0.25, 0.3) is 0 Å². The SMILES string of the molecule is COc1ccc([C@@H]2Oc3ccccc3[C@H]3CC(c4ccccc4)=NN32)c(C(=O)O)c1OC. The van der Waals surface area contributed by atoms with Gasteiger partial charge in [-0.3, -0.25) is 0 Å². The van der Waals surface area contributed by atoms with Crippen molar-refractivity contribution in [1.82, 2.24) is 5.01 Å². The van der Waals surface area contributed by atoms with Crippen LogP contribution in [0, 0.1) is 0 Å².